The Morgan fingerprint density at radius 3 is 2.48 bits per heavy atom. The molecule has 0 radical (unpaired) electrons. The molecule has 0 bridgehead atoms. The van der Waals surface area contributed by atoms with Crippen LogP contribution in [0.15, 0.2) is 18.2 Å². The first-order valence-corrected chi connectivity index (χ1v) is 9.46. The molecule has 29 heavy (non-hydrogen) atoms. The van der Waals surface area contributed by atoms with Gasteiger partial charge in [0.05, 0.1) is 25.8 Å². The van der Waals surface area contributed by atoms with Gasteiger partial charge in [0.15, 0.2) is 24.0 Å². The number of benzene rings is 1. The van der Waals surface area contributed by atoms with Crippen molar-refractivity contribution in [1.29, 1.82) is 0 Å². The highest BCUT2D eigenvalue weighted by Crippen LogP contribution is 2.31. The molecule has 1 amide bonds. The molecule has 0 fully saturated rings. The standard InChI is InChI=1S/C18H28N2O3.C2H2O4/c1-4-6-7-11-19-12-13-20-18(21)15-9-8-10-16(22-3)17(15)23-14-5-2;3-1(4)2(5)6/h8-11H,4-7,12-14H2,1-3H3,(H,20,21);(H,3,4)(H,5,6). The summed E-state index contributed by atoms with van der Waals surface area (Å²) < 4.78 is 11.0. The Labute approximate surface area is 170 Å². The second-order valence-corrected chi connectivity index (χ2v) is 5.83. The van der Waals surface area contributed by atoms with E-state index in [1.165, 1.54) is 12.8 Å². The van der Waals surface area contributed by atoms with Gasteiger partial charge < -0.3 is 29.8 Å². The van der Waals surface area contributed by atoms with Gasteiger partial charge in [-0.05, 0) is 25.0 Å². The van der Waals surface area contributed by atoms with E-state index in [0.717, 1.165) is 12.8 Å². The minimum atomic E-state index is -2.07. The number of carboxylic acid groups (broad SMARTS) is 2. The van der Waals surface area contributed by atoms with Crippen molar-refractivity contribution in [3.63, 3.8) is 0 Å². The molecule has 1 aromatic rings. The first kappa shape index (κ1) is 25.9. The molecular weight excluding hydrogens is 380 g/mol. The van der Waals surface area contributed by atoms with E-state index in [9.17, 15) is 4.79 Å². The Bertz CT molecular complexity index is 663. The van der Waals surface area contributed by atoms with Crippen molar-refractivity contribution < 1.29 is 39.1 Å². The Morgan fingerprint density at radius 2 is 1.93 bits per heavy atom. The highest BCUT2D eigenvalue weighted by molar-refractivity contribution is 6.26. The van der Waals surface area contributed by atoms with E-state index in [1.54, 1.807) is 25.3 Å². The summed E-state index contributed by atoms with van der Waals surface area (Å²) in [5.41, 5.74) is 0.507. The summed E-state index contributed by atoms with van der Waals surface area (Å²) >= 11 is 0. The van der Waals surface area contributed by atoms with Gasteiger partial charge in [0.2, 0.25) is 0 Å². The molecule has 0 aliphatic carbocycles. The Balaban J connectivity index is 0.00000113. The minimum Gasteiger partial charge on any atom is -0.539 e. The molecule has 0 atom stereocenters. The lowest BCUT2D eigenvalue weighted by Gasteiger charge is -2.14. The van der Waals surface area contributed by atoms with Crippen LogP contribution in [-0.4, -0.2) is 56.0 Å². The Morgan fingerprint density at radius 1 is 1.24 bits per heavy atom. The molecule has 0 aromatic heterocycles. The van der Waals surface area contributed by atoms with Gasteiger partial charge in [-0.15, -0.1) is 0 Å². The number of methoxy groups -OCH3 is 1. The molecule has 3 N–H and O–H groups in total. The molecule has 0 heterocycles. The van der Waals surface area contributed by atoms with E-state index in [-0.39, 0.29) is 5.91 Å². The van der Waals surface area contributed by atoms with E-state index in [4.69, 9.17) is 29.3 Å². The molecule has 0 saturated carbocycles. The summed E-state index contributed by atoms with van der Waals surface area (Å²) in [5.74, 6) is -3.07. The molecule has 0 aliphatic heterocycles. The fourth-order valence-electron chi connectivity index (χ4n) is 2.06. The average molecular weight is 410 g/mol. The number of hydrogen-bond donors (Lipinski definition) is 3. The number of para-hydroxylation sites is 1. The van der Waals surface area contributed by atoms with Gasteiger partial charge in [-0.3, -0.25) is 4.79 Å². The first-order chi connectivity index (χ1) is 13.9. The van der Waals surface area contributed by atoms with Crippen LogP contribution in [0.1, 0.15) is 49.9 Å². The number of carboxylic acids is 2. The summed E-state index contributed by atoms with van der Waals surface area (Å²) in [6.45, 7) is 6.02. The lowest BCUT2D eigenvalue weighted by molar-refractivity contribution is -0.450. The third kappa shape index (κ3) is 11.4. The number of rotatable bonds is 11. The van der Waals surface area contributed by atoms with Crippen molar-refractivity contribution in [2.45, 2.75) is 39.5 Å². The fraction of sp³-hybridized carbons (Fsp3) is 0.500. The van der Waals surface area contributed by atoms with Crippen LogP contribution < -0.4 is 24.9 Å². The molecule has 1 rings (SSSR count). The van der Waals surface area contributed by atoms with Crippen LogP contribution in [0, 0.1) is 0 Å². The molecule has 1 aromatic carbocycles. The van der Waals surface area contributed by atoms with Crippen LogP contribution >= 0.6 is 0 Å². The van der Waals surface area contributed by atoms with Crippen LogP contribution in [0.25, 0.3) is 0 Å². The first-order valence-electron chi connectivity index (χ1n) is 9.46. The molecule has 9 heteroatoms. The second-order valence-electron chi connectivity index (χ2n) is 5.83. The van der Waals surface area contributed by atoms with Crippen molar-refractivity contribution in [3.05, 3.63) is 23.8 Å². The molecule has 0 spiro atoms. The van der Waals surface area contributed by atoms with Crippen LogP contribution in [0.2, 0.25) is 0 Å². The van der Waals surface area contributed by atoms with Crippen molar-refractivity contribution in [2.24, 2.45) is 0 Å². The minimum absolute atomic E-state index is 0.148. The van der Waals surface area contributed by atoms with Gasteiger partial charge in [0.25, 0.3) is 5.91 Å². The van der Waals surface area contributed by atoms with E-state index >= 15 is 0 Å². The number of ether oxygens (including phenoxy) is 2. The number of carbonyl (C=O) groups excluding carboxylic acids is 2. The van der Waals surface area contributed by atoms with Crippen molar-refractivity contribution in [3.8, 4) is 11.5 Å². The maximum Gasteiger partial charge on any atom is 0.351 e. The zero-order chi connectivity index (χ0) is 22.1. The monoisotopic (exact) mass is 410 g/mol. The third-order valence-electron chi connectivity index (χ3n) is 3.47. The number of amides is 1. The molecule has 0 unspecified atom stereocenters. The molecular formula is C20H30N2O7. The predicted octanol–water partition coefficient (Wildman–Crippen LogP) is -0.624. The zero-order valence-electron chi connectivity index (χ0n) is 17.2. The molecule has 0 saturated heterocycles. The number of nitrogens with one attached hydrogen (secondary N) is 2. The number of unbranched alkanes of at least 4 members (excludes halogenated alkanes) is 2. The lowest BCUT2D eigenvalue weighted by atomic mass is 10.1. The summed E-state index contributed by atoms with van der Waals surface area (Å²) in [5, 5.41) is 19.2. The fourth-order valence-corrected chi connectivity index (χ4v) is 2.06. The Kier molecular flexibility index (Phi) is 14.2. The maximum atomic E-state index is 12.3. The summed E-state index contributed by atoms with van der Waals surface area (Å²) in [7, 11) is 1.58. The topological polar surface area (TPSA) is 139 Å². The third-order valence-corrected chi connectivity index (χ3v) is 3.47. The molecule has 0 aliphatic rings. The number of carbonyl (C=O) groups is 3. The van der Waals surface area contributed by atoms with E-state index in [1.807, 2.05) is 6.92 Å². The van der Waals surface area contributed by atoms with E-state index in [0.29, 0.717) is 36.8 Å². The van der Waals surface area contributed by atoms with Gasteiger partial charge in [0, 0.05) is 6.42 Å². The van der Waals surface area contributed by atoms with Crippen LogP contribution in [-0.2, 0) is 9.59 Å². The molecule has 162 valence electrons. The zero-order valence-corrected chi connectivity index (χ0v) is 17.2. The van der Waals surface area contributed by atoms with Crippen molar-refractivity contribution in [2.75, 3.05) is 26.8 Å². The van der Waals surface area contributed by atoms with E-state index in [2.05, 4.69) is 23.4 Å². The largest absolute Gasteiger partial charge is 0.539 e. The highest BCUT2D eigenvalue weighted by atomic mass is 16.5. The van der Waals surface area contributed by atoms with E-state index < -0.39 is 11.9 Å². The van der Waals surface area contributed by atoms with Crippen LogP contribution in [0.5, 0.6) is 11.5 Å². The van der Waals surface area contributed by atoms with Gasteiger partial charge in [0.1, 0.15) is 6.21 Å². The van der Waals surface area contributed by atoms with Gasteiger partial charge >= 0.3 is 5.97 Å². The summed E-state index contributed by atoms with van der Waals surface area (Å²) in [6, 6.07) is 5.35. The lowest BCUT2D eigenvalue weighted by Crippen LogP contribution is -2.71. The van der Waals surface area contributed by atoms with Crippen LogP contribution in [0.3, 0.4) is 0 Å². The predicted molar refractivity (Wildman–Crippen MR) is 105 cm³/mol. The second kappa shape index (κ2) is 15.9. The van der Waals surface area contributed by atoms with Crippen LogP contribution in [0.4, 0.5) is 0 Å². The smallest absolute Gasteiger partial charge is 0.351 e. The van der Waals surface area contributed by atoms with Crippen molar-refractivity contribution >= 4 is 24.1 Å². The normalized spacial score (nSPS) is 10.0. The molecule has 9 nitrogen and oxygen atoms in total. The maximum absolute atomic E-state index is 12.3. The summed E-state index contributed by atoms with van der Waals surface area (Å²) in [4.78, 5) is 33.6. The highest BCUT2D eigenvalue weighted by Gasteiger charge is 2.16. The number of aliphatic carboxylic acids is 2. The van der Waals surface area contributed by atoms with Crippen molar-refractivity contribution in [1.82, 2.24) is 5.32 Å². The number of hydrogen-bond acceptors (Lipinski definition) is 6. The quantitative estimate of drug-likeness (QED) is 0.251. The average Bonchev–Trinajstić information content (AvgIpc) is 2.71. The summed E-state index contributed by atoms with van der Waals surface area (Å²) in [6.07, 6.45) is 6.34. The SMILES string of the molecule is CCCCC=[NH+]CCNC(=O)c1cccc(OC)c1OCCC.O=C([O-])C(=O)O. The van der Waals surface area contributed by atoms with Gasteiger partial charge in [-0.25, -0.2) is 9.79 Å². The Hall–Kier alpha value is -3.10. The van der Waals surface area contributed by atoms with Gasteiger partial charge in [-0.1, -0.05) is 26.3 Å². The van der Waals surface area contributed by atoms with Gasteiger partial charge in [-0.2, -0.15) is 0 Å².